The minimum atomic E-state index is -0.466. The molecule has 0 aliphatic carbocycles. The van der Waals surface area contributed by atoms with Crippen LogP contribution in [0.2, 0.25) is 0 Å². The van der Waals surface area contributed by atoms with Crippen LogP contribution in [-0.2, 0) is 11.7 Å². The molecule has 1 aromatic rings. The van der Waals surface area contributed by atoms with E-state index < -0.39 is 6.61 Å². The Hall–Kier alpha value is -1.22. The molecule has 0 amide bonds. The quantitative estimate of drug-likeness (QED) is 0.610. The summed E-state index contributed by atoms with van der Waals surface area (Å²) in [7, 11) is 0. The molecule has 0 saturated heterocycles. The molecule has 10 heavy (non-hydrogen) atoms. The first kappa shape index (κ1) is 6.89. The summed E-state index contributed by atoms with van der Waals surface area (Å²) in [6, 6.07) is 3.91. The molecule has 1 aromatic carbocycles. The van der Waals surface area contributed by atoms with Crippen LogP contribution in [0.5, 0.6) is 11.5 Å². The van der Waals surface area contributed by atoms with Gasteiger partial charge in [-0.2, -0.15) is 0 Å². The van der Waals surface area contributed by atoms with Crippen molar-refractivity contribution >= 4 is 0 Å². The van der Waals surface area contributed by atoms with Crippen LogP contribution in [0.1, 0.15) is 5.56 Å². The first-order valence-electron chi connectivity index (χ1n) is 2.83. The molecule has 0 unspecified atom stereocenters. The molecule has 3 nitrogen and oxygen atoms in total. The zero-order valence-corrected chi connectivity index (χ0v) is 5.24. The van der Waals surface area contributed by atoms with Crippen LogP contribution >= 0.6 is 0 Å². The molecule has 0 heterocycles. The van der Waals surface area contributed by atoms with Crippen LogP contribution in [0.4, 0.5) is 0 Å². The lowest BCUT2D eigenvalue weighted by molar-refractivity contribution is 0.174. The van der Waals surface area contributed by atoms with E-state index in [1.165, 1.54) is 12.1 Å². The van der Waals surface area contributed by atoms with Crippen molar-refractivity contribution in [1.29, 1.82) is 0 Å². The summed E-state index contributed by atoms with van der Waals surface area (Å²) in [4.78, 5) is 0. The van der Waals surface area contributed by atoms with Crippen LogP contribution < -0.4 is 0 Å². The maximum atomic E-state index is 10.2. The van der Waals surface area contributed by atoms with Crippen LogP contribution in [0.3, 0.4) is 0 Å². The van der Waals surface area contributed by atoms with Crippen molar-refractivity contribution in [2.45, 2.75) is 6.61 Å². The van der Waals surface area contributed by atoms with Gasteiger partial charge in [-0.25, -0.2) is 5.11 Å². The van der Waals surface area contributed by atoms with Crippen LogP contribution in [-0.4, -0.2) is 10.2 Å². The summed E-state index contributed by atoms with van der Waals surface area (Å²) in [6.07, 6.45) is 0. The van der Waals surface area contributed by atoms with Crippen molar-refractivity contribution in [2.24, 2.45) is 0 Å². The lowest BCUT2D eigenvalue weighted by Crippen LogP contribution is -1.80. The predicted octanol–water partition coefficient (Wildman–Crippen LogP) is 1.03. The third-order valence-corrected chi connectivity index (χ3v) is 1.22. The monoisotopic (exact) mass is 139 g/mol. The molecule has 1 radical (unpaired) electrons. The van der Waals surface area contributed by atoms with E-state index in [2.05, 4.69) is 0 Å². The van der Waals surface area contributed by atoms with Gasteiger partial charge in [-0.1, -0.05) is 0 Å². The molecule has 3 heteroatoms. The van der Waals surface area contributed by atoms with Gasteiger partial charge in [0.25, 0.3) is 0 Å². The molecule has 0 aliphatic rings. The van der Waals surface area contributed by atoms with Crippen molar-refractivity contribution in [3.63, 3.8) is 0 Å². The maximum absolute atomic E-state index is 10.2. The lowest BCUT2D eigenvalue weighted by Gasteiger charge is -1.98. The smallest absolute Gasteiger partial charge is 0.124 e. The Bertz CT molecular complexity index is 232. The average molecular weight is 139 g/mol. The first-order chi connectivity index (χ1) is 4.74. The van der Waals surface area contributed by atoms with Crippen molar-refractivity contribution in [3.8, 4) is 11.5 Å². The number of phenols is 2. The van der Waals surface area contributed by atoms with Gasteiger partial charge in [0.1, 0.15) is 18.1 Å². The highest BCUT2D eigenvalue weighted by atomic mass is 16.3. The van der Waals surface area contributed by atoms with E-state index in [9.17, 15) is 5.11 Å². The van der Waals surface area contributed by atoms with E-state index in [0.717, 1.165) is 6.07 Å². The highest BCUT2D eigenvalue weighted by Gasteiger charge is 1.99. The number of aromatic hydroxyl groups is 2. The third-order valence-electron chi connectivity index (χ3n) is 1.22. The highest BCUT2D eigenvalue weighted by Crippen LogP contribution is 2.21. The zero-order valence-electron chi connectivity index (χ0n) is 5.24. The van der Waals surface area contributed by atoms with E-state index in [1.54, 1.807) is 0 Å². The second kappa shape index (κ2) is 2.58. The molecule has 53 valence electrons. The summed E-state index contributed by atoms with van der Waals surface area (Å²) in [6.45, 7) is -0.466. The van der Waals surface area contributed by atoms with E-state index in [0.29, 0.717) is 5.56 Å². The Morgan fingerprint density at radius 2 is 2.00 bits per heavy atom. The Kier molecular flexibility index (Phi) is 1.78. The van der Waals surface area contributed by atoms with E-state index in [1.807, 2.05) is 0 Å². The van der Waals surface area contributed by atoms with Gasteiger partial charge in [0.2, 0.25) is 0 Å². The van der Waals surface area contributed by atoms with Gasteiger partial charge in [0.05, 0.1) is 0 Å². The van der Waals surface area contributed by atoms with Gasteiger partial charge in [-0.05, 0) is 12.1 Å². The molecule has 0 fully saturated rings. The Morgan fingerprint density at radius 3 is 2.50 bits per heavy atom. The van der Waals surface area contributed by atoms with Crippen molar-refractivity contribution in [3.05, 3.63) is 23.8 Å². The fourth-order valence-electron chi connectivity index (χ4n) is 0.674. The molecule has 0 aromatic heterocycles. The van der Waals surface area contributed by atoms with Gasteiger partial charge in [-0.3, -0.25) is 0 Å². The molecule has 0 atom stereocenters. The first-order valence-corrected chi connectivity index (χ1v) is 2.83. The summed E-state index contributed by atoms with van der Waals surface area (Å²) in [5.74, 6) is -0.176. The minimum Gasteiger partial charge on any atom is -0.508 e. The van der Waals surface area contributed by atoms with Gasteiger partial charge >= 0.3 is 0 Å². The Morgan fingerprint density at radius 1 is 1.30 bits per heavy atom. The summed E-state index contributed by atoms with van der Waals surface area (Å²) in [5.41, 5.74) is 0.304. The molecule has 0 saturated carbocycles. The molecule has 1 rings (SSSR count). The highest BCUT2D eigenvalue weighted by molar-refractivity contribution is 5.38. The second-order valence-corrected chi connectivity index (χ2v) is 1.96. The number of phenolic OH excluding ortho intramolecular Hbond substituents is 2. The van der Waals surface area contributed by atoms with Gasteiger partial charge < -0.3 is 10.2 Å². The van der Waals surface area contributed by atoms with E-state index >= 15 is 0 Å². The van der Waals surface area contributed by atoms with Gasteiger partial charge in [0, 0.05) is 11.6 Å². The summed E-state index contributed by atoms with van der Waals surface area (Å²) in [5, 5.41) is 27.9. The number of rotatable bonds is 1. The summed E-state index contributed by atoms with van der Waals surface area (Å²) < 4.78 is 0. The van der Waals surface area contributed by atoms with E-state index in [-0.39, 0.29) is 11.5 Å². The van der Waals surface area contributed by atoms with Crippen molar-refractivity contribution in [1.82, 2.24) is 0 Å². The van der Waals surface area contributed by atoms with Crippen molar-refractivity contribution in [2.75, 3.05) is 0 Å². The number of hydrogen-bond donors (Lipinski definition) is 2. The Balaban J connectivity index is 3.07. The van der Waals surface area contributed by atoms with E-state index in [4.69, 9.17) is 10.2 Å². The lowest BCUT2D eigenvalue weighted by atomic mass is 10.2. The fraction of sp³-hybridized carbons (Fsp3) is 0.143. The normalized spacial score (nSPS) is 9.70. The fourth-order valence-corrected chi connectivity index (χ4v) is 0.674. The standard InChI is InChI=1S/C7H7O3/c8-4-5-1-2-6(9)3-7(5)10/h1-3,9-10H,4H2. The molecule has 0 bridgehead atoms. The molecular weight excluding hydrogens is 132 g/mol. The van der Waals surface area contributed by atoms with Crippen LogP contribution in [0.15, 0.2) is 18.2 Å². The van der Waals surface area contributed by atoms with Crippen LogP contribution in [0.25, 0.3) is 0 Å². The average Bonchev–Trinajstić information content (AvgIpc) is 1.88. The molecule has 2 N–H and O–H groups in total. The molecular formula is C7H7O3. The zero-order chi connectivity index (χ0) is 7.56. The van der Waals surface area contributed by atoms with Crippen molar-refractivity contribution < 1.29 is 15.3 Å². The third kappa shape index (κ3) is 1.19. The predicted molar refractivity (Wildman–Crippen MR) is 34.2 cm³/mol. The second-order valence-electron chi connectivity index (χ2n) is 1.96. The van der Waals surface area contributed by atoms with Gasteiger partial charge in [-0.15, -0.1) is 0 Å². The largest absolute Gasteiger partial charge is 0.508 e. The summed E-state index contributed by atoms with van der Waals surface area (Å²) >= 11 is 0. The number of benzene rings is 1. The van der Waals surface area contributed by atoms with Gasteiger partial charge in [0.15, 0.2) is 0 Å². The number of hydrogen-bond acceptors (Lipinski definition) is 2. The molecule has 0 aliphatic heterocycles. The van der Waals surface area contributed by atoms with Crippen LogP contribution in [0, 0.1) is 0 Å². The topological polar surface area (TPSA) is 60.4 Å². The minimum absolute atomic E-state index is 0.0327. The maximum Gasteiger partial charge on any atom is 0.124 e. The SMILES string of the molecule is [O]Cc1ccc(O)cc1O. The molecule has 0 spiro atoms. The Labute approximate surface area is 58.2 Å².